The summed E-state index contributed by atoms with van der Waals surface area (Å²) in [5, 5.41) is 8.92. The van der Waals surface area contributed by atoms with Crippen molar-refractivity contribution in [2.75, 3.05) is 19.7 Å². The van der Waals surface area contributed by atoms with E-state index in [0.717, 1.165) is 5.56 Å². The topological polar surface area (TPSA) is 49.5 Å². The molecular weight excluding hydrogens is 219 g/mol. The van der Waals surface area contributed by atoms with E-state index in [9.17, 15) is 4.39 Å². The molecule has 0 aromatic heterocycles. The van der Waals surface area contributed by atoms with E-state index in [4.69, 9.17) is 10.8 Å². The number of hydrogen-bond donors (Lipinski definition) is 2. The van der Waals surface area contributed by atoms with Crippen LogP contribution < -0.4 is 5.73 Å². The van der Waals surface area contributed by atoms with E-state index < -0.39 is 0 Å². The average Bonchev–Trinajstić information content (AvgIpc) is 2.32. The van der Waals surface area contributed by atoms with Crippen molar-refractivity contribution >= 4 is 0 Å². The van der Waals surface area contributed by atoms with Crippen molar-refractivity contribution in [2.45, 2.75) is 13.1 Å². The lowest BCUT2D eigenvalue weighted by Crippen LogP contribution is -2.27. The molecule has 0 aliphatic rings. The third-order valence-corrected chi connectivity index (χ3v) is 2.54. The highest BCUT2D eigenvalue weighted by Crippen LogP contribution is 2.13. The van der Waals surface area contributed by atoms with Crippen LogP contribution in [0.3, 0.4) is 0 Å². The van der Waals surface area contributed by atoms with Gasteiger partial charge < -0.3 is 10.8 Å². The standard InChI is InChI=1S/C13H19FN2O/c1-2-5-16(6-7-17)10-12-8-11(9-15)3-4-13(12)14/h2-4,8,17H,1,5-7,9-10,15H2. The van der Waals surface area contributed by atoms with Crippen molar-refractivity contribution in [3.63, 3.8) is 0 Å². The van der Waals surface area contributed by atoms with E-state index in [2.05, 4.69) is 6.58 Å². The van der Waals surface area contributed by atoms with Gasteiger partial charge in [0.2, 0.25) is 0 Å². The highest BCUT2D eigenvalue weighted by atomic mass is 19.1. The van der Waals surface area contributed by atoms with Gasteiger partial charge in [0.05, 0.1) is 6.61 Å². The third-order valence-electron chi connectivity index (χ3n) is 2.54. The molecule has 4 heteroatoms. The molecule has 0 bridgehead atoms. The van der Waals surface area contributed by atoms with Gasteiger partial charge in [0.1, 0.15) is 5.82 Å². The van der Waals surface area contributed by atoms with Gasteiger partial charge in [-0.05, 0) is 11.6 Å². The minimum Gasteiger partial charge on any atom is -0.395 e. The molecule has 0 unspecified atom stereocenters. The third kappa shape index (κ3) is 4.26. The number of benzene rings is 1. The van der Waals surface area contributed by atoms with Gasteiger partial charge >= 0.3 is 0 Å². The smallest absolute Gasteiger partial charge is 0.127 e. The van der Waals surface area contributed by atoms with E-state index >= 15 is 0 Å². The van der Waals surface area contributed by atoms with E-state index in [1.807, 2.05) is 4.90 Å². The maximum Gasteiger partial charge on any atom is 0.127 e. The van der Waals surface area contributed by atoms with E-state index in [0.29, 0.717) is 31.7 Å². The highest BCUT2D eigenvalue weighted by Gasteiger charge is 2.08. The van der Waals surface area contributed by atoms with Gasteiger partial charge in [0.25, 0.3) is 0 Å². The van der Waals surface area contributed by atoms with Crippen molar-refractivity contribution in [3.05, 3.63) is 47.8 Å². The Balaban J connectivity index is 2.79. The molecule has 0 atom stereocenters. The summed E-state index contributed by atoms with van der Waals surface area (Å²) in [5.74, 6) is -0.241. The Bertz CT molecular complexity index is 368. The Morgan fingerprint density at radius 2 is 2.24 bits per heavy atom. The summed E-state index contributed by atoms with van der Waals surface area (Å²) in [4.78, 5) is 1.92. The fourth-order valence-electron chi connectivity index (χ4n) is 1.68. The van der Waals surface area contributed by atoms with Crippen LogP contribution in [0.25, 0.3) is 0 Å². The lowest BCUT2D eigenvalue weighted by atomic mass is 10.1. The van der Waals surface area contributed by atoms with Crippen molar-refractivity contribution in [2.24, 2.45) is 5.73 Å². The van der Waals surface area contributed by atoms with Crippen LogP contribution in [0, 0.1) is 5.82 Å². The van der Waals surface area contributed by atoms with Crippen LogP contribution in [0.4, 0.5) is 4.39 Å². The van der Waals surface area contributed by atoms with Crippen molar-refractivity contribution in [1.29, 1.82) is 0 Å². The van der Waals surface area contributed by atoms with Gasteiger partial charge in [-0.25, -0.2) is 4.39 Å². The van der Waals surface area contributed by atoms with Gasteiger partial charge in [-0.1, -0.05) is 18.2 Å². The monoisotopic (exact) mass is 238 g/mol. The molecule has 1 aromatic carbocycles. The Kier molecular flexibility index (Phi) is 5.83. The van der Waals surface area contributed by atoms with Crippen molar-refractivity contribution in [1.82, 2.24) is 4.90 Å². The van der Waals surface area contributed by atoms with Gasteiger partial charge in [-0.2, -0.15) is 0 Å². The van der Waals surface area contributed by atoms with Gasteiger partial charge in [-0.3, -0.25) is 4.90 Å². The van der Waals surface area contributed by atoms with Crippen molar-refractivity contribution in [3.8, 4) is 0 Å². The predicted octanol–water partition coefficient (Wildman–Crippen LogP) is 1.26. The second kappa shape index (κ2) is 7.17. The number of aliphatic hydroxyl groups excluding tert-OH is 1. The Morgan fingerprint density at radius 1 is 1.47 bits per heavy atom. The molecular formula is C13H19FN2O. The van der Waals surface area contributed by atoms with Crippen LogP contribution >= 0.6 is 0 Å². The number of nitrogens with two attached hydrogens (primary N) is 1. The zero-order valence-corrected chi connectivity index (χ0v) is 9.90. The molecule has 0 amide bonds. The fourth-order valence-corrected chi connectivity index (χ4v) is 1.68. The number of rotatable bonds is 7. The zero-order valence-electron chi connectivity index (χ0n) is 9.90. The summed E-state index contributed by atoms with van der Waals surface area (Å²) < 4.78 is 13.6. The van der Waals surface area contributed by atoms with Gasteiger partial charge in [0.15, 0.2) is 0 Å². The molecule has 0 fully saturated rings. The quantitative estimate of drug-likeness (QED) is 0.703. The first kappa shape index (κ1) is 13.8. The Labute approximate surface area is 101 Å². The van der Waals surface area contributed by atoms with Gasteiger partial charge in [0, 0.05) is 31.7 Å². The van der Waals surface area contributed by atoms with E-state index in [-0.39, 0.29) is 12.4 Å². The zero-order chi connectivity index (χ0) is 12.7. The average molecular weight is 238 g/mol. The van der Waals surface area contributed by atoms with Crippen LogP contribution in [-0.4, -0.2) is 29.7 Å². The lowest BCUT2D eigenvalue weighted by Gasteiger charge is -2.20. The van der Waals surface area contributed by atoms with E-state index in [1.165, 1.54) is 6.07 Å². The number of halogens is 1. The van der Waals surface area contributed by atoms with Crippen molar-refractivity contribution < 1.29 is 9.50 Å². The number of aliphatic hydroxyl groups is 1. The first-order valence-electron chi connectivity index (χ1n) is 5.62. The normalized spacial score (nSPS) is 10.8. The Morgan fingerprint density at radius 3 is 2.82 bits per heavy atom. The first-order chi connectivity index (χ1) is 8.21. The maximum atomic E-state index is 13.6. The summed E-state index contributed by atoms with van der Waals surface area (Å²) in [6, 6.07) is 4.88. The largest absolute Gasteiger partial charge is 0.395 e. The molecule has 0 heterocycles. The maximum absolute atomic E-state index is 13.6. The number of nitrogens with zero attached hydrogens (tertiary/aromatic N) is 1. The minimum absolute atomic E-state index is 0.0477. The fraction of sp³-hybridized carbons (Fsp3) is 0.385. The number of hydrogen-bond acceptors (Lipinski definition) is 3. The van der Waals surface area contributed by atoms with Crippen LogP contribution in [0.2, 0.25) is 0 Å². The van der Waals surface area contributed by atoms with Crippen LogP contribution in [0.15, 0.2) is 30.9 Å². The van der Waals surface area contributed by atoms with Crippen LogP contribution in [-0.2, 0) is 13.1 Å². The van der Waals surface area contributed by atoms with E-state index in [1.54, 1.807) is 18.2 Å². The molecule has 0 saturated heterocycles. The molecule has 1 aromatic rings. The van der Waals surface area contributed by atoms with Crippen LogP contribution in [0.1, 0.15) is 11.1 Å². The summed E-state index contributed by atoms with van der Waals surface area (Å²) in [7, 11) is 0. The molecule has 3 N–H and O–H groups in total. The molecule has 94 valence electrons. The molecule has 1 rings (SSSR count). The molecule has 0 radical (unpaired) electrons. The molecule has 0 saturated carbocycles. The SMILES string of the molecule is C=CCN(CCO)Cc1cc(CN)ccc1F. The lowest BCUT2D eigenvalue weighted by molar-refractivity contribution is 0.202. The van der Waals surface area contributed by atoms with Gasteiger partial charge in [-0.15, -0.1) is 6.58 Å². The first-order valence-corrected chi connectivity index (χ1v) is 5.62. The summed E-state index contributed by atoms with van der Waals surface area (Å²) in [6.07, 6.45) is 1.74. The second-order valence-corrected chi connectivity index (χ2v) is 3.88. The second-order valence-electron chi connectivity index (χ2n) is 3.88. The molecule has 0 aliphatic heterocycles. The molecule has 0 spiro atoms. The highest BCUT2D eigenvalue weighted by molar-refractivity contribution is 5.25. The minimum atomic E-state index is -0.241. The predicted molar refractivity (Wildman–Crippen MR) is 66.9 cm³/mol. The summed E-state index contributed by atoms with van der Waals surface area (Å²) >= 11 is 0. The summed E-state index contributed by atoms with van der Waals surface area (Å²) in [6.45, 7) is 5.66. The molecule has 0 aliphatic carbocycles. The van der Waals surface area contributed by atoms with Crippen LogP contribution in [0.5, 0.6) is 0 Å². The Hall–Kier alpha value is -1.23. The molecule has 17 heavy (non-hydrogen) atoms. The summed E-state index contributed by atoms with van der Waals surface area (Å²) in [5.41, 5.74) is 7.03. The molecule has 3 nitrogen and oxygen atoms in total.